The monoisotopic (exact) mass is 356 g/mol. The molecule has 1 atom stereocenters. The quantitative estimate of drug-likeness (QED) is 0.621. The molecule has 0 bridgehead atoms. The summed E-state index contributed by atoms with van der Waals surface area (Å²) in [6.45, 7) is 16.6. The fourth-order valence-electron chi connectivity index (χ4n) is 4.07. The molecule has 24 heavy (non-hydrogen) atoms. The maximum absolute atomic E-state index is 6.31. The van der Waals surface area contributed by atoms with E-state index in [4.69, 9.17) is 8.85 Å². The lowest BCUT2D eigenvalue weighted by Crippen LogP contribution is -2.72. The number of piperazine rings is 1. The molecule has 0 aromatic carbocycles. The highest BCUT2D eigenvalue weighted by Crippen LogP contribution is 2.32. The summed E-state index contributed by atoms with van der Waals surface area (Å²) in [6, 6.07) is 0.613. The van der Waals surface area contributed by atoms with Crippen LogP contribution in [-0.2, 0) is 8.85 Å². The van der Waals surface area contributed by atoms with Gasteiger partial charge in [-0.25, -0.2) is 0 Å². The van der Waals surface area contributed by atoms with Crippen LogP contribution in [0.2, 0.25) is 6.55 Å². The lowest BCUT2D eigenvalue weighted by molar-refractivity contribution is 0.0829. The minimum absolute atomic E-state index is 0.168. The van der Waals surface area contributed by atoms with Crippen LogP contribution >= 0.6 is 0 Å². The molecule has 1 radical (unpaired) electrons. The van der Waals surface area contributed by atoms with Gasteiger partial charge in [0.05, 0.1) is 5.16 Å². The van der Waals surface area contributed by atoms with E-state index in [0.29, 0.717) is 19.3 Å². The van der Waals surface area contributed by atoms with Crippen LogP contribution in [0.25, 0.3) is 0 Å². The summed E-state index contributed by atoms with van der Waals surface area (Å²) < 4.78 is 12.6. The van der Waals surface area contributed by atoms with Crippen LogP contribution in [0.15, 0.2) is 0 Å². The average Bonchev–Trinajstić information content (AvgIpc) is 2.61. The number of rotatable bonds is 9. The van der Waals surface area contributed by atoms with Gasteiger partial charge in [-0.05, 0) is 40.2 Å². The molecule has 1 saturated carbocycles. The third kappa shape index (κ3) is 4.80. The van der Waals surface area contributed by atoms with Crippen molar-refractivity contribution in [2.75, 3.05) is 39.4 Å². The smallest absolute Gasteiger partial charge is 0.357 e. The molecule has 0 aromatic rings. The summed E-state index contributed by atoms with van der Waals surface area (Å²) in [5.41, 5.74) is 0. The predicted octanol–water partition coefficient (Wildman–Crippen LogP) is 2.42. The van der Waals surface area contributed by atoms with E-state index in [1.54, 1.807) is 0 Å². The maximum atomic E-state index is 6.31. The minimum Gasteiger partial charge on any atom is -0.394 e. The Morgan fingerprint density at radius 1 is 1.12 bits per heavy atom. The van der Waals surface area contributed by atoms with Crippen LogP contribution in [0, 0.1) is 6.54 Å². The molecule has 1 heterocycles. The Balaban J connectivity index is 2.14. The molecule has 6 heteroatoms. The second-order valence-electron chi connectivity index (χ2n) is 7.34. The van der Waals surface area contributed by atoms with Crippen LogP contribution in [0.1, 0.15) is 52.9 Å². The number of nitrogens with one attached hydrogen (secondary N) is 2. The van der Waals surface area contributed by atoms with Crippen molar-refractivity contribution in [1.29, 1.82) is 0 Å². The van der Waals surface area contributed by atoms with Crippen LogP contribution in [-0.4, -0.2) is 64.1 Å². The Morgan fingerprint density at radius 2 is 1.71 bits per heavy atom. The number of nitrogens with zero attached hydrogens (tertiary/aromatic N) is 1. The molecule has 2 aliphatic rings. The molecule has 2 fully saturated rings. The molecule has 1 aliphatic carbocycles. The van der Waals surface area contributed by atoms with Crippen LogP contribution < -0.4 is 10.6 Å². The summed E-state index contributed by atoms with van der Waals surface area (Å²) in [4.78, 5) is 2.57. The van der Waals surface area contributed by atoms with E-state index in [9.17, 15) is 0 Å². The Bertz CT molecular complexity index is 354. The second-order valence-corrected chi connectivity index (χ2v) is 10.8. The molecular weight excluding hydrogens is 318 g/mol. The Kier molecular flexibility index (Phi) is 8.17. The van der Waals surface area contributed by atoms with E-state index in [2.05, 4.69) is 49.4 Å². The molecule has 141 valence electrons. The SMILES string of the molecule is CCO[Si](C)(OCC)C(C)([CH]NC1CCCCC1)N1CCNCC1. The first-order valence-corrected chi connectivity index (χ1v) is 12.2. The standard InChI is InChI=1S/C18H38N3O2Si/c1-5-22-24(4,23-6-2)18(3,21-14-12-19-13-15-21)16-20-17-10-8-7-9-11-17/h16-17,19-20H,5-15H2,1-4H3. The molecule has 2 N–H and O–H groups in total. The number of hydrogen-bond donors (Lipinski definition) is 2. The van der Waals surface area contributed by atoms with Crippen molar-refractivity contribution in [2.24, 2.45) is 0 Å². The van der Waals surface area contributed by atoms with Crippen molar-refractivity contribution < 1.29 is 8.85 Å². The van der Waals surface area contributed by atoms with Gasteiger partial charge < -0.3 is 19.5 Å². The van der Waals surface area contributed by atoms with Crippen molar-refractivity contribution in [3.63, 3.8) is 0 Å². The van der Waals surface area contributed by atoms with Crippen molar-refractivity contribution in [2.45, 2.75) is 70.6 Å². The van der Waals surface area contributed by atoms with Crippen LogP contribution in [0.3, 0.4) is 0 Å². The Labute approximate surface area is 150 Å². The summed E-state index contributed by atoms with van der Waals surface area (Å²) in [6.07, 6.45) is 6.66. The Morgan fingerprint density at radius 3 is 2.25 bits per heavy atom. The van der Waals surface area contributed by atoms with E-state index in [1.807, 2.05) is 0 Å². The fraction of sp³-hybridized carbons (Fsp3) is 0.944. The van der Waals surface area contributed by atoms with E-state index in [0.717, 1.165) is 26.2 Å². The molecule has 1 saturated heterocycles. The zero-order chi connectivity index (χ0) is 17.5. The highest BCUT2D eigenvalue weighted by Gasteiger charge is 2.55. The van der Waals surface area contributed by atoms with E-state index in [-0.39, 0.29) is 5.16 Å². The zero-order valence-electron chi connectivity index (χ0n) is 16.2. The van der Waals surface area contributed by atoms with Gasteiger partial charge >= 0.3 is 8.56 Å². The average molecular weight is 357 g/mol. The molecule has 5 nitrogen and oxygen atoms in total. The van der Waals surface area contributed by atoms with E-state index in [1.165, 1.54) is 32.1 Å². The predicted molar refractivity (Wildman–Crippen MR) is 102 cm³/mol. The van der Waals surface area contributed by atoms with Gasteiger partial charge in [-0.2, -0.15) is 0 Å². The molecule has 0 aromatic heterocycles. The van der Waals surface area contributed by atoms with Crippen molar-refractivity contribution in [3.05, 3.63) is 6.54 Å². The summed E-state index contributed by atoms with van der Waals surface area (Å²) in [5.74, 6) is 0. The number of hydrogen-bond acceptors (Lipinski definition) is 5. The lowest BCUT2D eigenvalue weighted by atomic mass is 9.95. The summed E-state index contributed by atoms with van der Waals surface area (Å²) in [5, 5.41) is 7.07. The summed E-state index contributed by atoms with van der Waals surface area (Å²) in [7, 11) is -2.39. The first kappa shape index (κ1) is 20.3. The van der Waals surface area contributed by atoms with Crippen molar-refractivity contribution in [3.8, 4) is 0 Å². The third-order valence-corrected chi connectivity index (χ3v) is 9.72. The molecule has 2 rings (SSSR count). The minimum atomic E-state index is -2.39. The topological polar surface area (TPSA) is 45.8 Å². The largest absolute Gasteiger partial charge is 0.394 e. The second kappa shape index (κ2) is 9.64. The lowest BCUT2D eigenvalue weighted by Gasteiger charge is -2.51. The van der Waals surface area contributed by atoms with Gasteiger partial charge in [0, 0.05) is 52.0 Å². The van der Waals surface area contributed by atoms with Gasteiger partial charge in [0.1, 0.15) is 0 Å². The highest BCUT2D eigenvalue weighted by molar-refractivity contribution is 6.70. The van der Waals surface area contributed by atoms with E-state index < -0.39 is 8.56 Å². The first-order chi connectivity index (χ1) is 11.6. The first-order valence-electron chi connectivity index (χ1n) is 9.90. The van der Waals surface area contributed by atoms with Gasteiger partial charge in [-0.3, -0.25) is 4.90 Å². The fourth-order valence-corrected chi connectivity index (χ4v) is 6.99. The summed E-state index contributed by atoms with van der Waals surface area (Å²) >= 11 is 0. The normalized spacial score (nSPS) is 24.0. The van der Waals surface area contributed by atoms with Gasteiger partial charge in [0.2, 0.25) is 0 Å². The molecule has 0 amide bonds. The molecule has 0 spiro atoms. The van der Waals surface area contributed by atoms with Crippen LogP contribution in [0.4, 0.5) is 0 Å². The van der Waals surface area contributed by atoms with Crippen molar-refractivity contribution >= 4 is 8.56 Å². The highest BCUT2D eigenvalue weighted by atomic mass is 28.4. The zero-order valence-corrected chi connectivity index (χ0v) is 17.2. The van der Waals surface area contributed by atoms with Gasteiger partial charge in [0.25, 0.3) is 0 Å². The maximum Gasteiger partial charge on any atom is 0.357 e. The Hall–Kier alpha value is 0.0169. The van der Waals surface area contributed by atoms with Gasteiger partial charge in [-0.15, -0.1) is 0 Å². The van der Waals surface area contributed by atoms with Gasteiger partial charge in [0.15, 0.2) is 0 Å². The van der Waals surface area contributed by atoms with Crippen molar-refractivity contribution in [1.82, 2.24) is 15.5 Å². The van der Waals surface area contributed by atoms with Gasteiger partial charge in [-0.1, -0.05) is 19.3 Å². The third-order valence-electron chi connectivity index (χ3n) is 5.74. The van der Waals surface area contributed by atoms with E-state index >= 15 is 0 Å². The molecular formula is C18H38N3O2Si. The molecule has 1 aliphatic heterocycles. The molecule has 1 unspecified atom stereocenters. The van der Waals surface area contributed by atoms with Crippen LogP contribution in [0.5, 0.6) is 0 Å².